The van der Waals surface area contributed by atoms with E-state index in [0.717, 1.165) is 16.7 Å². The molecule has 5 nitrogen and oxygen atoms in total. The normalized spacial score (nSPS) is 24.8. The number of aryl methyl sites for hydroxylation is 2. The zero-order valence-electron chi connectivity index (χ0n) is 12.9. The van der Waals surface area contributed by atoms with Crippen LogP contribution in [0.25, 0.3) is 0 Å². The number of amides is 1. The van der Waals surface area contributed by atoms with Crippen molar-refractivity contribution in [1.29, 1.82) is 0 Å². The van der Waals surface area contributed by atoms with E-state index in [-0.39, 0.29) is 6.10 Å². The number of carbonyl (C=O) groups is 1. The maximum Gasteiger partial charge on any atom is 0.247 e. The van der Waals surface area contributed by atoms with Crippen molar-refractivity contribution in [3.05, 3.63) is 34.9 Å². The van der Waals surface area contributed by atoms with Crippen LogP contribution in [0.15, 0.2) is 18.2 Å². The second-order valence-electron chi connectivity index (χ2n) is 5.93. The van der Waals surface area contributed by atoms with Gasteiger partial charge in [-0.15, -0.1) is 0 Å². The molecule has 1 fully saturated rings. The maximum absolute atomic E-state index is 11.3. The Kier molecular flexibility index (Phi) is 4.98. The molecule has 3 N–H and O–H groups in total. The molecule has 0 radical (unpaired) electrons. The van der Waals surface area contributed by atoms with Gasteiger partial charge in [-0.1, -0.05) is 23.8 Å². The molecule has 2 rings (SSSR count). The number of aliphatic hydroxyl groups is 1. The van der Waals surface area contributed by atoms with Gasteiger partial charge in [0.25, 0.3) is 0 Å². The largest absolute Gasteiger partial charge is 0.387 e. The molecule has 1 saturated heterocycles. The fourth-order valence-electron chi connectivity index (χ4n) is 2.81. The van der Waals surface area contributed by atoms with Crippen LogP contribution in [0.4, 0.5) is 0 Å². The van der Waals surface area contributed by atoms with Gasteiger partial charge < -0.3 is 15.6 Å². The fraction of sp³-hybridized carbons (Fsp3) is 0.562. The number of carbonyl (C=O) groups excluding carboxylic acids is 1. The Morgan fingerprint density at radius 2 is 2.19 bits per heavy atom. The van der Waals surface area contributed by atoms with E-state index in [9.17, 15) is 9.90 Å². The van der Waals surface area contributed by atoms with Gasteiger partial charge in [-0.3, -0.25) is 9.69 Å². The van der Waals surface area contributed by atoms with Crippen LogP contribution in [0.1, 0.15) is 29.7 Å². The Morgan fingerprint density at radius 1 is 1.48 bits per heavy atom. The third-order valence-corrected chi connectivity index (χ3v) is 3.88. The predicted octanol–water partition coefficient (Wildman–Crippen LogP) is 0.911. The number of morpholine rings is 1. The third-order valence-electron chi connectivity index (χ3n) is 3.88. The molecular formula is C16H24N2O3. The van der Waals surface area contributed by atoms with Crippen molar-refractivity contribution in [1.82, 2.24) is 4.90 Å². The molecule has 1 amide bonds. The summed E-state index contributed by atoms with van der Waals surface area (Å²) in [6.07, 6.45) is -1.25. The summed E-state index contributed by atoms with van der Waals surface area (Å²) in [4.78, 5) is 13.3. The monoisotopic (exact) mass is 292 g/mol. The molecule has 1 aromatic rings. The average Bonchev–Trinajstić information content (AvgIpc) is 2.40. The topological polar surface area (TPSA) is 75.8 Å². The number of benzene rings is 1. The van der Waals surface area contributed by atoms with Gasteiger partial charge in [0, 0.05) is 19.6 Å². The standard InChI is InChI=1S/C16H24N2O3/c1-10-4-5-11(2)13(6-10)14(19)8-18-7-12(3)21-15(9-18)16(17)20/h4-6,12,14-15,19H,7-9H2,1-3H3,(H2,17,20)/t12-,14?,15?/m1/s1. The molecule has 2 unspecified atom stereocenters. The zero-order chi connectivity index (χ0) is 15.6. The van der Waals surface area contributed by atoms with E-state index < -0.39 is 18.1 Å². The Balaban J connectivity index is 2.06. The number of nitrogens with zero attached hydrogens (tertiary/aromatic N) is 1. The number of hydrogen-bond acceptors (Lipinski definition) is 4. The minimum atomic E-state index is -0.598. The summed E-state index contributed by atoms with van der Waals surface area (Å²) in [7, 11) is 0. The summed E-state index contributed by atoms with van der Waals surface area (Å²) in [6.45, 7) is 7.50. The zero-order valence-corrected chi connectivity index (χ0v) is 12.9. The van der Waals surface area contributed by atoms with E-state index in [0.29, 0.717) is 19.6 Å². The van der Waals surface area contributed by atoms with Crippen molar-refractivity contribution in [3.63, 3.8) is 0 Å². The average molecular weight is 292 g/mol. The van der Waals surface area contributed by atoms with Crippen LogP contribution in [0.2, 0.25) is 0 Å². The molecule has 0 saturated carbocycles. The van der Waals surface area contributed by atoms with Crippen molar-refractivity contribution < 1.29 is 14.6 Å². The lowest BCUT2D eigenvalue weighted by Crippen LogP contribution is -2.52. The first-order valence-corrected chi connectivity index (χ1v) is 7.29. The van der Waals surface area contributed by atoms with Gasteiger partial charge in [0.1, 0.15) is 6.10 Å². The quantitative estimate of drug-likeness (QED) is 0.865. The first-order chi connectivity index (χ1) is 9.86. The van der Waals surface area contributed by atoms with Crippen LogP contribution in [-0.2, 0) is 9.53 Å². The van der Waals surface area contributed by atoms with Gasteiger partial charge in [0.15, 0.2) is 0 Å². The smallest absolute Gasteiger partial charge is 0.247 e. The SMILES string of the molecule is Cc1ccc(C)c(C(O)CN2CC(C(N)=O)O[C@H](C)C2)c1. The molecule has 0 bridgehead atoms. The molecule has 1 heterocycles. The van der Waals surface area contributed by atoms with E-state index in [2.05, 4.69) is 0 Å². The van der Waals surface area contributed by atoms with Gasteiger partial charge in [-0.05, 0) is 31.9 Å². The molecule has 1 aromatic carbocycles. The van der Waals surface area contributed by atoms with Crippen LogP contribution in [0.5, 0.6) is 0 Å². The highest BCUT2D eigenvalue weighted by molar-refractivity contribution is 5.79. The van der Waals surface area contributed by atoms with E-state index in [1.807, 2.05) is 43.9 Å². The molecule has 1 aliphatic heterocycles. The van der Waals surface area contributed by atoms with Gasteiger partial charge in [-0.2, -0.15) is 0 Å². The number of rotatable bonds is 4. The lowest BCUT2D eigenvalue weighted by atomic mass is 10.00. The summed E-state index contributed by atoms with van der Waals surface area (Å²) in [6, 6.07) is 6.06. The van der Waals surface area contributed by atoms with E-state index >= 15 is 0 Å². The summed E-state index contributed by atoms with van der Waals surface area (Å²) in [5, 5.41) is 10.5. The highest BCUT2D eigenvalue weighted by Crippen LogP contribution is 2.22. The van der Waals surface area contributed by atoms with Gasteiger partial charge in [-0.25, -0.2) is 0 Å². The number of aliphatic hydroxyl groups excluding tert-OH is 1. The van der Waals surface area contributed by atoms with Crippen LogP contribution >= 0.6 is 0 Å². The lowest BCUT2D eigenvalue weighted by Gasteiger charge is -2.36. The van der Waals surface area contributed by atoms with Gasteiger partial charge in [0.05, 0.1) is 12.2 Å². The second-order valence-corrected chi connectivity index (χ2v) is 5.93. The van der Waals surface area contributed by atoms with Gasteiger partial charge >= 0.3 is 0 Å². The summed E-state index contributed by atoms with van der Waals surface area (Å²) >= 11 is 0. The van der Waals surface area contributed by atoms with Crippen molar-refractivity contribution >= 4 is 5.91 Å². The van der Waals surface area contributed by atoms with E-state index in [4.69, 9.17) is 10.5 Å². The number of hydrogen-bond donors (Lipinski definition) is 2. The summed E-state index contributed by atoms with van der Waals surface area (Å²) in [5.74, 6) is -0.451. The van der Waals surface area contributed by atoms with E-state index in [1.165, 1.54) is 0 Å². The Labute approximate surface area is 125 Å². The first-order valence-electron chi connectivity index (χ1n) is 7.29. The molecule has 0 aliphatic carbocycles. The molecule has 0 aromatic heterocycles. The molecule has 5 heteroatoms. The minimum absolute atomic E-state index is 0.0675. The minimum Gasteiger partial charge on any atom is -0.387 e. The van der Waals surface area contributed by atoms with Crippen molar-refractivity contribution in [2.24, 2.45) is 5.73 Å². The Morgan fingerprint density at radius 3 is 2.86 bits per heavy atom. The molecular weight excluding hydrogens is 268 g/mol. The number of primary amides is 1. The molecule has 116 valence electrons. The van der Waals surface area contributed by atoms with Crippen molar-refractivity contribution in [3.8, 4) is 0 Å². The number of nitrogens with two attached hydrogens (primary N) is 1. The highest BCUT2D eigenvalue weighted by atomic mass is 16.5. The van der Waals surface area contributed by atoms with Crippen LogP contribution < -0.4 is 5.73 Å². The van der Waals surface area contributed by atoms with Crippen LogP contribution in [0, 0.1) is 13.8 Å². The Hall–Kier alpha value is -1.43. The molecule has 21 heavy (non-hydrogen) atoms. The highest BCUT2D eigenvalue weighted by Gasteiger charge is 2.30. The summed E-state index contributed by atoms with van der Waals surface area (Å²) < 4.78 is 5.51. The van der Waals surface area contributed by atoms with Crippen LogP contribution in [0.3, 0.4) is 0 Å². The van der Waals surface area contributed by atoms with Crippen LogP contribution in [-0.4, -0.2) is 47.8 Å². The number of ether oxygens (including phenoxy) is 1. The molecule has 0 spiro atoms. The van der Waals surface area contributed by atoms with Crippen molar-refractivity contribution in [2.45, 2.75) is 39.1 Å². The predicted molar refractivity (Wildman–Crippen MR) is 80.8 cm³/mol. The maximum atomic E-state index is 11.3. The molecule has 3 atom stereocenters. The first kappa shape index (κ1) is 15.9. The number of β-amino-alcohol motifs (C(OH)–C–C–N with tert-alkyl or cyclic N) is 1. The fourth-order valence-corrected chi connectivity index (χ4v) is 2.81. The van der Waals surface area contributed by atoms with Crippen molar-refractivity contribution in [2.75, 3.05) is 19.6 Å². The van der Waals surface area contributed by atoms with Gasteiger partial charge in [0.2, 0.25) is 5.91 Å². The second kappa shape index (κ2) is 6.56. The lowest BCUT2D eigenvalue weighted by molar-refractivity contribution is -0.143. The Bertz CT molecular complexity index is 518. The summed E-state index contributed by atoms with van der Waals surface area (Å²) in [5.41, 5.74) is 8.45. The van der Waals surface area contributed by atoms with E-state index in [1.54, 1.807) is 0 Å². The molecule has 1 aliphatic rings. The third kappa shape index (κ3) is 4.03.